The van der Waals surface area contributed by atoms with Crippen LogP contribution in [-0.4, -0.2) is 48.8 Å². The highest BCUT2D eigenvalue weighted by Gasteiger charge is 2.18. The monoisotopic (exact) mass is 411 g/mol. The van der Waals surface area contributed by atoms with Gasteiger partial charge in [0.15, 0.2) is 5.69 Å². The number of amides is 2. The van der Waals surface area contributed by atoms with Gasteiger partial charge in [0.2, 0.25) is 0 Å². The standard InChI is InChI=1S/C18H22ClN3O4S/c1-3-26-9-5-8-22(11-16-21-15(12-27-16)17(23)25-2)18(24)20-14-7-4-6-13(19)10-14/h4,6-7,10,12H,3,5,8-9,11H2,1-2H3,(H,20,24). The van der Waals surface area contributed by atoms with Crippen LogP contribution in [0.15, 0.2) is 29.6 Å². The quantitative estimate of drug-likeness (QED) is 0.497. The highest BCUT2D eigenvalue weighted by atomic mass is 35.5. The molecule has 1 aromatic carbocycles. The van der Waals surface area contributed by atoms with Crippen LogP contribution >= 0.6 is 22.9 Å². The SMILES string of the molecule is CCOCCCN(Cc1nc(C(=O)OC)cs1)C(=O)Nc1cccc(Cl)c1. The molecule has 1 N–H and O–H groups in total. The molecule has 0 spiro atoms. The van der Waals surface area contributed by atoms with Crippen LogP contribution in [0.25, 0.3) is 0 Å². The second kappa shape index (κ2) is 10.9. The number of esters is 1. The van der Waals surface area contributed by atoms with E-state index in [0.717, 1.165) is 0 Å². The molecule has 2 rings (SSSR count). The van der Waals surface area contributed by atoms with Gasteiger partial charge in [-0.05, 0) is 31.5 Å². The lowest BCUT2D eigenvalue weighted by molar-refractivity contribution is 0.0594. The van der Waals surface area contributed by atoms with E-state index in [9.17, 15) is 9.59 Å². The van der Waals surface area contributed by atoms with Gasteiger partial charge in [-0.25, -0.2) is 14.6 Å². The lowest BCUT2D eigenvalue weighted by Crippen LogP contribution is -2.35. The van der Waals surface area contributed by atoms with Gasteiger partial charge in [0.25, 0.3) is 0 Å². The summed E-state index contributed by atoms with van der Waals surface area (Å²) in [4.78, 5) is 30.1. The normalized spacial score (nSPS) is 10.5. The maximum atomic E-state index is 12.7. The van der Waals surface area contributed by atoms with Gasteiger partial charge in [-0.2, -0.15) is 0 Å². The molecule has 7 nitrogen and oxygen atoms in total. The number of hydrogen-bond donors (Lipinski definition) is 1. The number of ether oxygens (including phenoxy) is 2. The Balaban J connectivity index is 2.06. The van der Waals surface area contributed by atoms with Crippen molar-refractivity contribution in [3.63, 3.8) is 0 Å². The van der Waals surface area contributed by atoms with Gasteiger partial charge >= 0.3 is 12.0 Å². The average molecular weight is 412 g/mol. The molecule has 27 heavy (non-hydrogen) atoms. The fourth-order valence-corrected chi connectivity index (χ4v) is 3.24. The molecule has 0 fully saturated rings. The number of nitrogens with one attached hydrogen (secondary N) is 1. The van der Waals surface area contributed by atoms with Crippen molar-refractivity contribution in [2.24, 2.45) is 0 Å². The molecule has 0 aliphatic rings. The first-order chi connectivity index (χ1) is 13.0. The third kappa shape index (κ3) is 6.82. The van der Waals surface area contributed by atoms with Crippen molar-refractivity contribution < 1.29 is 19.1 Å². The first-order valence-electron chi connectivity index (χ1n) is 8.45. The fourth-order valence-electron chi connectivity index (χ4n) is 2.27. The van der Waals surface area contributed by atoms with Gasteiger partial charge in [-0.1, -0.05) is 17.7 Å². The predicted molar refractivity (Wildman–Crippen MR) is 105 cm³/mol. The number of nitrogens with zero attached hydrogens (tertiary/aromatic N) is 2. The van der Waals surface area contributed by atoms with Gasteiger partial charge in [-0.3, -0.25) is 0 Å². The highest BCUT2D eigenvalue weighted by molar-refractivity contribution is 7.09. The summed E-state index contributed by atoms with van der Waals surface area (Å²) >= 11 is 7.27. The van der Waals surface area contributed by atoms with Gasteiger partial charge in [-0.15, -0.1) is 11.3 Å². The van der Waals surface area contributed by atoms with E-state index in [2.05, 4.69) is 15.0 Å². The second-order valence-corrected chi connectivity index (χ2v) is 6.91. The van der Waals surface area contributed by atoms with Gasteiger partial charge in [0.1, 0.15) is 5.01 Å². The Morgan fingerprint density at radius 2 is 2.19 bits per heavy atom. The van der Waals surface area contributed by atoms with E-state index in [-0.39, 0.29) is 18.3 Å². The minimum absolute atomic E-state index is 0.238. The smallest absolute Gasteiger partial charge is 0.357 e. The molecule has 0 bridgehead atoms. The number of rotatable bonds is 9. The first-order valence-corrected chi connectivity index (χ1v) is 9.71. The summed E-state index contributed by atoms with van der Waals surface area (Å²) in [7, 11) is 1.31. The summed E-state index contributed by atoms with van der Waals surface area (Å²) in [5.41, 5.74) is 0.846. The minimum Gasteiger partial charge on any atom is -0.464 e. The molecule has 0 saturated carbocycles. The highest BCUT2D eigenvalue weighted by Crippen LogP contribution is 2.17. The summed E-state index contributed by atoms with van der Waals surface area (Å²) in [6.45, 7) is 3.87. The summed E-state index contributed by atoms with van der Waals surface area (Å²) in [6.07, 6.45) is 0.687. The molecule has 2 aromatic rings. The van der Waals surface area contributed by atoms with Crippen molar-refractivity contribution in [1.29, 1.82) is 0 Å². The topological polar surface area (TPSA) is 80.8 Å². The summed E-state index contributed by atoms with van der Waals surface area (Å²) < 4.78 is 10.0. The van der Waals surface area contributed by atoms with E-state index in [0.29, 0.717) is 41.9 Å². The number of aromatic nitrogens is 1. The number of thiazole rings is 1. The van der Waals surface area contributed by atoms with Crippen LogP contribution in [0.4, 0.5) is 10.5 Å². The van der Waals surface area contributed by atoms with Gasteiger partial charge < -0.3 is 19.7 Å². The van der Waals surface area contributed by atoms with Gasteiger partial charge in [0, 0.05) is 35.8 Å². The predicted octanol–water partition coefficient (Wildman–Crippen LogP) is 4.04. The van der Waals surface area contributed by atoms with E-state index >= 15 is 0 Å². The number of anilines is 1. The lowest BCUT2D eigenvalue weighted by atomic mass is 10.3. The van der Waals surface area contributed by atoms with Crippen LogP contribution < -0.4 is 5.32 Å². The molecule has 0 atom stereocenters. The zero-order valence-electron chi connectivity index (χ0n) is 15.2. The van der Waals surface area contributed by atoms with Crippen molar-refractivity contribution in [2.45, 2.75) is 19.9 Å². The number of hydrogen-bond acceptors (Lipinski definition) is 6. The molecule has 146 valence electrons. The van der Waals surface area contributed by atoms with Crippen molar-refractivity contribution in [3.05, 3.63) is 45.4 Å². The molecular weight excluding hydrogens is 390 g/mol. The Labute approximate surface area is 167 Å². The van der Waals surface area contributed by atoms with Crippen LogP contribution in [0.2, 0.25) is 5.02 Å². The largest absolute Gasteiger partial charge is 0.464 e. The Morgan fingerprint density at radius 1 is 1.37 bits per heavy atom. The third-order valence-electron chi connectivity index (χ3n) is 3.56. The van der Waals surface area contributed by atoms with E-state index in [1.807, 2.05) is 6.92 Å². The van der Waals surface area contributed by atoms with Crippen LogP contribution in [0, 0.1) is 0 Å². The summed E-state index contributed by atoms with van der Waals surface area (Å²) in [6, 6.07) is 6.67. The van der Waals surface area contributed by atoms with Crippen LogP contribution in [0.1, 0.15) is 28.8 Å². The Kier molecular flexibility index (Phi) is 8.50. The zero-order chi connectivity index (χ0) is 19.6. The molecule has 9 heteroatoms. The second-order valence-electron chi connectivity index (χ2n) is 5.53. The third-order valence-corrected chi connectivity index (χ3v) is 4.63. The minimum atomic E-state index is -0.497. The van der Waals surface area contributed by atoms with Crippen molar-refractivity contribution >= 4 is 40.6 Å². The Hall–Kier alpha value is -2.16. The molecule has 0 radical (unpaired) electrons. The molecule has 1 aromatic heterocycles. The average Bonchev–Trinajstić information content (AvgIpc) is 3.12. The van der Waals surface area contributed by atoms with Gasteiger partial charge in [0.05, 0.1) is 13.7 Å². The molecule has 0 saturated heterocycles. The van der Waals surface area contributed by atoms with E-state index < -0.39 is 5.97 Å². The van der Waals surface area contributed by atoms with Crippen molar-refractivity contribution in [3.8, 4) is 0 Å². The number of carbonyl (C=O) groups is 2. The van der Waals surface area contributed by atoms with Crippen molar-refractivity contribution in [2.75, 3.05) is 32.2 Å². The zero-order valence-corrected chi connectivity index (χ0v) is 16.8. The van der Waals surface area contributed by atoms with Crippen LogP contribution in [-0.2, 0) is 16.0 Å². The molecule has 0 unspecified atom stereocenters. The van der Waals surface area contributed by atoms with E-state index in [1.165, 1.54) is 18.4 Å². The van der Waals surface area contributed by atoms with Crippen LogP contribution in [0.5, 0.6) is 0 Å². The maximum absolute atomic E-state index is 12.7. The number of methoxy groups -OCH3 is 1. The summed E-state index contributed by atoms with van der Waals surface area (Å²) in [5.74, 6) is -0.497. The lowest BCUT2D eigenvalue weighted by Gasteiger charge is -2.22. The molecule has 2 amide bonds. The molecule has 0 aliphatic carbocycles. The number of benzene rings is 1. The maximum Gasteiger partial charge on any atom is 0.357 e. The van der Waals surface area contributed by atoms with E-state index in [1.54, 1.807) is 34.5 Å². The van der Waals surface area contributed by atoms with E-state index in [4.69, 9.17) is 16.3 Å². The molecular formula is C18H22ClN3O4S. The number of carbonyl (C=O) groups excluding carboxylic acids is 2. The molecule has 0 aliphatic heterocycles. The van der Waals surface area contributed by atoms with Crippen molar-refractivity contribution in [1.82, 2.24) is 9.88 Å². The molecule has 1 heterocycles. The number of halogens is 1. The first kappa shape index (κ1) is 21.1. The Bertz CT molecular complexity index is 769. The number of urea groups is 1. The van der Waals surface area contributed by atoms with Crippen LogP contribution in [0.3, 0.4) is 0 Å². The Morgan fingerprint density at radius 3 is 2.89 bits per heavy atom. The fraction of sp³-hybridized carbons (Fsp3) is 0.389. The summed E-state index contributed by atoms with van der Waals surface area (Å²) in [5, 5.41) is 5.64.